The Kier molecular flexibility index (Phi) is 6.06. The van der Waals surface area contributed by atoms with Gasteiger partial charge in [-0.2, -0.15) is 4.98 Å². The highest BCUT2D eigenvalue weighted by molar-refractivity contribution is 7.99. The number of nitrogens with two attached hydrogens (primary N) is 1. The predicted molar refractivity (Wildman–Crippen MR) is 81.8 cm³/mol. The van der Waals surface area contributed by atoms with Crippen molar-refractivity contribution in [3.63, 3.8) is 0 Å². The number of carbonyl (C=O) groups is 1. The zero-order valence-electron chi connectivity index (χ0n) is 12.4. The lowest BCUT2D eigenvalue weighted by Gasteiger charge is -2.19. The van der Waals surface area contributed by atoms with Crippen LogP contribution in [0.4, 0.5) is 11.8 Å². The van der Waals surface area contributed by atoms with E-state index in [0.717, 1.165) is 13.0 Å². The fourth-order valence-corrected chi connectivity index (χ4v) is 2.04. The zero-order valence-corrected chi connectivity index (χ0v) is 13.2. The van der Waals surface area contributed by atoms with Crippen LogP contribution in [0.2, 0.25) is 0 Å². The third kappa shape index (κ3) is 6.60. The third-order valence-electron chi connectivity index (χ3n) is 2.03. The third-order valence-corrected chi connectivity index (χ3v) is 2.92. The summed E-state index contributed by atoms with van der Waals surface area (Å²) in [5.74, 6) is 0.785. The fourth-order valence-electron chi connectivity index (χ4n) is 1.36. The van der Waals surface area contributed by atoms with Gasteiger partial charge in [-0.15, -0.1) is 0 Å². The molecule has 0 spiro atoms. The number of esters is 1. The lowest BCUT2D eigenvalue weighted by molar-refractivity contribution is -0.151. The zero-order chi connectivity index (χ0) is 15.2. The Bertz CT molecular complexity index is 460. The van der Waals surface area contributed by atoms with Crippen molar-refractivity contribution in [3.05, 3.63) is 6.07 Å². The molecule has 7 heteroatoms. The maximum atomic E-state index is 11.6. The van der Waals surface area contributed by atoms with Crippen molar-refractivity contribution >= 4 is 29.5 Å². The van der Waals surface area contributed by atoms with Gasteiger partial charge in [0.15, 0.2) is 0 Å². The van der Waals surface area contributed by atoms with E-state index in [2.05, 4.69) is 22.2 Å². The number of hydrogen-bond acceptors (Lipinski definition) is 7. The molecule has 20 heavy (non-hydrogen) atoms. The first-order valence-electron chi connectivity index (χ1n) is 6.53. The number of rotatable bonds is 6. The van der Waals surface area contributed by atoms with Gasteiger partial charge >= 0.3 is 5.97 Å². The largest absolute Gasteiger partial charge is 0.459 e. The van der Waals surface area contributed by atoms with Gasteiger partial charge in [0.1, 0.15) is 16.4 Å². The molecule has 1 aromatic heterocycles. The maximum Gasteiger partial charge on any atom is 0.316 e. The van der Waals surface area contributed by atoms with Crippen LogP contribution >= 0.6 is 11.8 Å². The van der Waals surface area contributed by atoms with Gasteiger partial charge in [0.25, 0.3) is 0 Å². The molecule has 0 amide bonds. The van der Waals surface area contributed by atoms with Crippen LogP contribution in [-0.2, 0) is 9.53 Å². The highest BCUT2D eigenvalue weighted by Crippen LogP contribution is 2.20. The minimum atomic E-state index is -0.476. The van der Waals surface area contributed by atoms with E-state index >= 15 is 0 Å². The number of nitrogens with one attached hydrogen (secondary N) is 1. The van der Waals surface area contributed by atoms with Gasteiger partial charge in [-0.05, 0) is 27.2 Å². The Balaban J connectivity index is 2.59. The molecule has 0 saturated carbocycles. The van der Waals surface area contributed by atoms with Gasteiger partial charge in [-0.3, -0.25) is 4.79 Å². The van der Waals surface area contributed by atoms with E-state index in [-0.39, 0.29) is 17.7 Å². The van der Waals surface area contributed by atoms with E-state index in [9.17, 15) is 4.79 Å². The van der Waals surface area contributed by atoms with Gasteiger partial charge in [-0.1, -0.05) is 18.7 Å². The molecule has 0 atom stereocenters. The molecule has 6 nitrogen and oxygen atoms in total. The molecule has 1 heterocycles. The minimum absolute atomic E-state index is 0.192. The van der Waals surface area contributed by atoms with Gasteiger partial charge in [0.05, 0.1) is 5.75 Å². The number of aromatic nitrogens is 2. The molecule has 1 rings (SSSR count). The number of carbonyl (C=O) groups excluding carboxylic acids is 1. The van der Waals surface area contributed by atoms with Gasteiger partial charge in [0.2, 0.25) is 5.95 Å². The molecule has 0 aliphatic heterocycles. The summed E-state index contributed by atoms with van der Waals surface area (Å²) < 4.78 is 5.23. The van der Waals surface area contributed by atoms with Crippen molar-refractivity contribution in [1.29, 1.82) is 0 Å². The second kappa shape index (κ2) is 7.33. The highest BCUT2D eigenvalue weighted by Gasteiger charge is 2.16. The smallest absolute Gasteiger partial charge is 0.316 e. The molecular formula is C13H22N4O2S. The first-order valence-corrected chi connectivity index (χ1v) is 7.52. The van der Waals surface area contributed by atoms with E-state index in [0.29, 0.717) is 10.8 Å². The van der Waals surface area contributed by atoms with E-state index in [4.69, 9.17) is 10.5 Å². The topological polar surface area (TPSA) is 90.1 Å². The highest BCUT2D eigenvalue weighted by atomic mass is 32.2. The van der Waals surface area contributed by atoms with Crippen LogP contribution in [0.1, 0.15) is 34.1 Å². The number of thioether (sulfide) groups is 1. The Morgan fingerprint density at radius 3 is 2.75 bits per heavy atom. The molecule has 1 aromatic rings. The number of anilines is 2. The van der Waals surface area contributed by atoms with Crippen LogP contribution in [-0.4, -0.2) is 33.8 Å². The SMILES string of the molecule is CCCNc1cc(SCC(=O)OC(C)(C)C)nc(N)n1. The number of nitrogen functional groups attached to an aromatic ring is 1. The lowest BCUT2D eigenvalue weighted by atomic mass is 10.2. The predicted octanol–water partition coefficient (Wildman–Crippen LogP) is 2.31. The van der Waals surface area contributed by atoms with Crippen LogP contribution < -0.4 is 11.1 Å². The van der Waals surface area contributed by atoms with Crippen molar-refractivity contribution in [2.75, 3.05) is 23.3 Å². The first-order chi connectivity index (χ1) is 9.30. The van der Waals surface area contributed by atoms with Crippen molar-refractivity contribution in [3.8, 4) is 0 Å². The molecule has 0 aromatic carbocycles. The van der Waals surface area contributed by atoms with E-state index < -0.39 is 5.60 Å². The van der Waals surface area contributed by atoms with Crippen molar-refractivity contribution < 1.29 is 9.53 Å². The van der Waals surface area contributed by atoms with E-state index in [1.54, 1.807) is 6.07 Å². The quantitative estimate of drug-likeness (QED) is 0.473. The summed E-state index contributed by atoms with van der Waals surface area (Å²) in [6.45, 7) is 8.39. The summed E-state index contributed by atoms with van der Waals surface area (Å²) in [6, 6.07) is 1.78. The second-order valence-electron chi connectivity index (χ2n) is 5.25. The van der Waals surface area contributed by atoms with E-state index in [1.165, 1.54) is 11.8 Å². The average molecular weight is 298 g/mol. The van der Waals surface area contributed by atoms with Crippen LogP contribution in [0.5, 0.6) is 0 Å². The molecule has 0 unspecified atom stereocenters. The lowest BCUT2D eigenvalue weighted by Crippen LogP contribution is -2.24. The van der Waals surface area contributed by atoms with E-state index in [1.807, 2.05) is 20.8 Å². The summed E-state index contributed by atoms with van der Waals surface area (Å²) in [6.07, 6.45) is 0.990. The summed E-state index contributed by atoms with van der Waals surface area (Å²) in [5, 5.41) is 3.80. The van der Waals surface area contributed by atoms with Crippen LogP contribution in [0.3, 0.4) is 0 Å². The number of hydrogen-bond donors (Lipinski definition) is 2. The normalized spacial score (nSPS) is 11.2. The minimum Gasteiger partial charge on any atom is -0.459 e. The molecule has 0 bridgehead atoms. The molecule has 0 radical (unpaired) electrons. The Morgan fingerprint density at radius 2 is 2.15 bits per heavy atom. The molecule has 0 saturated heterocycles. The van der Waals surface area contributed by atoms with Crippen molar-refractivity contribution in [1.82, 2.24) is 9.97 Å². The summed E-state index contributed by atoms with van der Waals surface area (Å²) >= 11 is 1.29. The summed E-state index contributed by atoms with van der Waals surface area (Å²) in [5.41, 5.74) is 5.17. The molecular weight excluding hydrogens is 276 g/mol. The van der Waals surface area contributed by atoms with Crippen molar-refractivity contribution in [2.45, 2.75) is 44.7 Å². The maximum absolute atomic E-state index is 11.6. The Labute approximate surface area is 123 Å². The first kappa shape index (κ1) is 16.6. The molecule has 112 valence electrons. The average Bonchev–Trinajstić information content (AvgIpc) is 2.31. The Hall–Kier alpha value is -1.50. The van der Waals surface area contributed by atoms with Crippen molar-refractivity contribution in [2.24, 2.45) is 0 Å². The van der Waals surface area contributed by atoms with Crippen LogP contribution in [0, 0.1) is 0 Å². The van der Waals surface area contributed by atoms with Crippen LogP contribution in [0.25, 0.3) is 0 Å². The summed E-state index contributed by atoms with van der Waals surface area (Å²) in [4.78, 5) is 19.8. The molecule has 0 aliphatic rings. The van der Waals surface area contributed by atoms with Gasteiger partial charge in [0, 0.05) is 12.6 Å². The second-order valence-corrected chi connectivity index (χ2v) is 6.25. The molecule has 3 N–H and O–H groups in total. The van der Waals surface area contributed by atoms with Crippen LogP contribution in [0.15, 0.2) is 11.1 Å². The number of ether oxygens (including phenoxy) is 1. The fraction of sp³-hybridized carbons (Fsp3) is 0.615. The monoisotopic (exact) mass is 298 g/mol. The van der Waals surface area contributed by atoms with Gasteiger partial charge in [-0.25, -0.2) is 4.98 Å². The number of nitrogens with zero attached hydrogens (tertiary/aromatic N) is 2. The molecule has 0 aliphatic carbocycles. The molecule has 0 fully saturated rings. The Morgan fingerprint density at radius 1 is 1.45 bits per heavy atom. The summed E-state index contributed by atoms with van der Waals surface area (Å²) in [7, 11) is 0. The van der Waals surface area contributed by atoms with Gasteiger partial charge < -0.3 is 15.8 Å². The standard InChI is InChI=1S/C13H22N4O2S/c1-5-6-15-9-7-10(17-12(14)16-9)20-8-11(18)19-13(2,3)4/h7H,5-6,8H2,1-4H3,(H3,14,15,16,17).